The number of ketones is 1. The van der Waals surface area contributed by atoms with E-state index in [9.17, 15) is 37.2 Å². The van der Waals surface area contributed by atoms with Crippen LogP contribution in [0.1, 0.15) is 80.7 Å². The minimum Gasteiger partial charge on any atom is -0.444 e. The molecular formula is C38H59N7O9S. The number of nitrogens with one attached hydrogen (secondary N) is 6. The first-order valence-corrected chi connectivity index (χ1v) is 20.0. The minimum absolute atomic E-state index is 0.000357. The number of Topliss-reactive ketones (excluding diaryl/α,β-unsaturated/α-hetero) is 1. The normalized spacial score (nSPS) is 20.5. The summed E-state index contributed by atoms with van der Waals surface area (Å²) in [5.74, 6) is -2.89. The van der Waals surface area contributed by atoms with Crippen molar-refractivity contribution in [1.82, 2.24) is 35.6 Å². The number of carbonyl (C=O) groups excluding carboxylic acids is 6. The third-order valence-electron chi connectivity index (χ3n) is 10.2. The highest BCUT2D eigenvalue weighted by atomic mass is 32.2. The van der Waals surface area contributed by atoms with Crippen LogP contribution in [0.4, 0.5) is 9.59 Å². The Bertz CT molecular complexity index is 1700. The lowest BCUT2D eigenvalue weighted by Gasteiger charge is -2.38. The van der Waals surface area contributed by atoms with Crippen LogP contribution in [-0.4, -0.2) is 92.7 Å². The Morgan fingerprint density at radius 1 is 0.982 bits per heavy atom. The molecule has 16 nitrogen and oxygen atoms in total. The van der Waals surface area contributed by atoms with Gasteiger partial charge in [-0.2, -0.15) is 13.1 Å². The van der Waals surface area contributed by atoms with Crippen LogP contribution in [0.5, 0.6) is 0 Å². The van der Waals surface area contributed by atoms with E-state index in [4.69, 9.17) is 4.74 Å². The van der Waals surface area contributed by atoms with E-state index < -0.39 is 80.8 Å². The van der Waals surface area contributed by atoms with E-state index in [1.165, 1.54) is 11.0 Å². The summed E-state index contributed by atoms with van der Waals surface area (Å²) in [6.45, 7) is 19.9. The molecule has 55 heavy (non-hydrogen) atoms. The van der Waals surface area contributed by atoms with Gasteiger partial charge in [-0.05, 0) is 40.1 Å². The number of hydrogen-bond acceptors (Lipinski definition) is 9. The van der Waals surface area contributed by atoms with Crippen molar-refractivity contribution in [3.8, 4) is 0 Å². The van der Waals surface area contributed by atoms with Crippen LogP contribution in [-0.2, 0) is 40.7 Å². The molecule has 2 fully saturated rings. The van der Waals surface area contributed by atoms with Crippen molar-refractivity contribution in [1.29, 1.82) is 0 Å². The summed E-state index contributed by atoms with van der Waals surface area (Å²) >= 11 is 0. The molecule has 17 heteroatoms. The Labute approximate surface area is 324 Å². The largest absolute Gasteiger partial charge is 0.444 e. The summed E-state index contributed by atoms with van der Waals surface area (Å²) < 4.78 is 34.5. The monoisotopic (exact) mass is 789 g/mol. The number of benzene rings is 1. The number of fused-ring (bicyclic) bond motifs is 1. The summed E-state index contributed by atoms with van der Waals surface area (Å²) in [6.07, 6.45) is 0.983. The highest BCUT2D eigenvalue weighted by Gasteiger charge is 2.70. The van der Waals surface area contributed by atoms with E-state index in [0.29, 0.717) is 12.0 Å². The molecule has 1 heterocycles. The van der Waals surface area contributed by atoms with E-state index in [1.807, 2.05) is 20.8 Å². The van der Waals surface area contributed by atoms with Gasteiger partial charge < -0.3 is 30.9 Å². The Balaban J connectivity index is 1.73. The number of amides is 6. The smallest absolute Gasteiger partial charge is 0.422 e. The molecule has 0 bridgehead atoms. The second-order valence-corrected chi connectivity index (χ2v) is 18.5. The lowest BCUT2D eigenvalue weighted by molar-refractivity contribution is -0.145. The number of hydrogen-bond donors (Lipinski definition) is 6. The number of ether oxygens (including phenoxy) is 1. The van der Waals surface area contributed by atoms with Gasteiger partial charge in [-0.15, -0.1) is 6.58 Å². The Morgan fingerprint density at radius 2 is 1.62 bits per heavy atom. The molecule has 306 valence electrons. The molecule has 6 atom stereocenters. The number of rotatable bonds is 17. The van der Waals surface area contributed by atoms with Gasteiger partial charge in [0.2, 0.25) is 17.6 Å². The maximum absolute atomic E-state index is 14.4. The fourth-order valence-electron chi connectivity index (χ4n) is 6.85. The molecule has 1 aromatic rings. The van der Waals surface area contributed by atoms with E-state index in [-0.39, 0.29) is 49.9 Å². The summed E-state index contributed by atoms with van der Waals surface area (Å²) in [5.41, 5.74) is -1.13. The summed E-state index contributed by atoms with van der Waals surface area (Å²) in [5, 5.41) is 10.7. The first kappa shape index (κ1) is 44.9. The summed E-state index contributed by atoms with van der Waals surface area (Å²) in [4.78, 5) is 81.1. The third kappa shape index (κ3) is 12.0. The second kappa shape index (κ2) is 18.0. The molecule has 3 rings (SSSR count). The molecule has 1 unspecified atom stereocenters. The van der Waals surface area contributed by atoms with Crippen LogP contribution >= 0.6 is 0 Å². The molecule has 1 aliphatic carbocycles. The van der Waals surface area contributed by atoms with Crippen molar-refractivity contribution in [2.24, 2.45) is 28.1 Å². The van der Waals surface area contributed by atoms with Gasteiger partial charge in [0.05, 0.1) is 6.04 Å². The van der Waals surface area contributed by atoms with Crippen LogP contribution in [0.3, 0.4) is 0 Å². The molecular weight excluding hydrogens is 731 g/mol. The van der Waals surface area contributed by atoms with Crippen LogP contribution in [0.25, 0.3) is 0 Å². The minimum atomic E-state index is -4.39. The number of nitrogens with zero attached hydrogens (tertiary/aromatic N) is 1. The predicted molar refractivity (Wildman–Crippen MR) is 206 cm³/mol. The zero-order chi connectivity index (χ0) is 41.5. The zero-order valence-corrected chi connectivity index (χ0v) is 34.2. The average molecular weight is 790 g/mol. The highest BCUT2D eigenvalue weighted by Crippen LogP contribution is 2.65. The maximum Gasteiger partial charge on any atom is 0.422 e. The molecule has 0 radical (unpaired) electrons. The first-order chi connectivity index (χ1) is 25.4. The maximum atomic E-state index is 14.4. The average Bonchev–Trinajstić information content (AvgIpc) is 3.39. The number of urea groups is 1. The molecule has 6 N–H and O–H groups in total. The fraction of sp³-hybridized carbons (Fsp3) is 0.632. The van der Waals surface area contributed by atoms with Crippen LogP contribution in [0.2, 0.25) is 0 Å². The van der Waals surface area contributed by atoms with Crippen molar-refractivity contribution < 1.29 is 41.9 Å². The topological polar surface area (TPSA) is 221 Å². The van der Waals surface area contributed by atoms with E-state index >= 15 is 0 Å². The zero-order valence-electron chi connectivity index (χ0n) is 33.4. The SMILES string of the molecule is C=CCNC(=O)C(=O)C(CCC)NC(=O)[C@@H]1[C@@H]2[C@H](CN1C(=O)[C@@H](NC(=O)N[C@H](CNS(=O)(=O)NC(=O)OCc1ccccc1)C(C)(C)C)C(C)(C)C)C2(C)C. The van der Waals surface area contributed by atoms with Gasteiger partial charge in [-0.3, -0.25) is 19.2 Å². The molecule has 2 aliphatic rings. The van der Waals surface area contributed by atoms with Crippen molar-refractivity contribution in [2.75, 3.05) is 19.6 Å². The van der Waals surface area contributed by atoms with Gasteiger partial charge in [0.1, 0.15) is 18.7 Å². The van der Waals surface area contributed by atoms with Gasteiger partial charge in [0.15, 0.2) is 0 Å². The van der Waals surface area contributed by atoms with Gasteiger partial charge in [-0.1, -0.05) is 105 Å². The van der Waals surface area contributed by atoms with E-state index in [1.54, 1.807) is 76.6 Å². The number of piperidine rings is 1. The predicted octanol–water partition coefficient (Wildman–Crippen LogP) is 2.52. The number of carbonyl (C=O) groups is 6. The van der Waals surface area contributed by atoms with Crippen molar-refractivity contribution >= 4 is 45.8 Å². The molecule has 0 spiro atoms. The van der Waals surface area contributed by atoms with Crippen molar-refractivity contribution in [3.05, 3.63) is 48.6 Å². The molecule has 1 saturated heterocycles. The molecule has 1 saturated carbocycles. The first-order valence-electron chi connectivity index (χ1n) is 18.5. The Kier molecular flexibility index (Phi) is 14.7. The van der Waals surface area contributed by atoms with Gasteiger partial charge in [0.25, 0.3) is 5.91 Å². The summed E-state index contributed by atoms with van der Waals surface area (Å²) in [7, 11) is -4.39. The number of likely N-dealkylation sites (tertiary alicyclic amines) is 1. The lowest BCUT2D eigenvalue weighted by Crippen LogP contribution is -2.63. The van der Waals surface area contributed by atoms with Gasteiger partial charge in [0, 0.05) is 25.7 Å². The Hall–Kier alpha value is -4.51. The lowest BCUT2D eigenvalue weighted by atomic mass is 9.85. The standard InChI is InChI=1S/C38H59N7O9S/c1-11-16-25(29(46)32(48)39-19-12-2)41-31(47)28-27-24(38(27,9)10)21-45(28)33(49)30(37(6,7)8)43-34(50)42-26(36(3,4)5)20-40-55(52,53)44-35(51)54-22-23-17-14-13-15-18-23/h12-15,17-18,24-28,30,40H,2,11,16,19-22H2,1,3-10H3,(H,39,48)(H,41,47)(H,44,51)(H2,42,43,50)/t24-,25?,26+,27-,28-,30+/m0/s1. The molecule has 6 amide bonds. The second-order valence-electron chi connectivity index (χ2n) is 17.0. The third-order valence-corrected chi connectivity index (χ3v) is 11.2. The van der Waals surface area contributed by atoms with Crippen LogP contribution in [0.15, 0.2) is 43.0 Å². The fourth-order valence-corrected chi connectivity index (χ4v) is 7.59. The summed E-state index contributed by atoms with van der Waals surface area (Å²) in [6, 6.07) is 3.98. The van der Waals surface area contributed by atoms with Crippen molar-refractivity contribution in [3.63, 3.8) is 0 Å². The quantitative estimate of drug-likeness (QED) is 0.101. The van der Waals surface area contributed by atoms with Crippen molar-refractivity contribution in [2.45, 2.75) is 106 Å². The van der Waals surface area contributed by atoms with Gasteiger partial charge >= 0.3 is 22.3 Å². The van der Waals surface area contributed by atoms with Gasteiger partial charge in [-0.25, -0.2) is 14.3 Å². The van der Waals surface area contributed by atoms with E-state index in [0.717, 1.165) is 0 Å². The molecule has 1 aliphatic heterocycles. The van der Waals surface area contributed by atoms with Crippen LogP contribution in [0, 0.1) is 28.1 Å². The van der Waals surface area contributed by atoms with E-state index in [2.05, 4.69) is 32.6 Å². The van der Waals surface area contributed by atoms with Crippen LogP contribution < -0.4 is 30.7 Å². The molecule has 1 aromatic carbocycles. The Morgan fingerprint density at radius 3 is 2.18 bits per heavy atom. The molecule has 0 aromatic heterocycles. The highest BCUT2D eigenvalue weighted by molar-refractivity contribution is 7.88.